The van der Waals surface area contributed by atoms with E-state index in [1.807, 2.05) is 24.3 Å². The molecule has 0 amide bonds. The average molecular weight is 688 g/mol. The van der Waals surface area contributed by atoms with Crippen molar-refractivity contribution in [3.8, 4) is 56.2 Å². The molecule has 12 rings (SSSR count). The zero-order valence-corrected chi connectivity index (χ0v) is 29.0. The summed E-state index contributed by atoms with van der Waals surface area (Å²) in [5.74, 6) is 1.27. The molecule has 4 heteroatoms. The minimum Gasteiger partial charge on any atom is -0.456 e. The van der Waals surface area contributed by atoms with E-state index in [2.05, 4.69) is 146 Å². The van der Waals surface area contributed by atoms with Crippen molar-refractivity contribution in [1.29, 1.82) is 0 Å². The lowest BCUT2D eigenvalue weighted by molar-refractivity contribution is 0.669. The fraction of sp³-hybridized carbons (Fsp3) is 0.0200. The zero-order valence-electron chi connectivity index (χ0n) is 29.0. The Kier molecular flexibility index (Phi) is 5.95. The van der Waals surface area contributed by atoms with E-state index in [1.54, 1.807) is 6.33 Å². The van der Waals surface area contributed by atoms with Gasteiger partial charge in [0.05, 0.1) is 5.41 Å². The Labute approximate surface area is 311 Å². The third kappa shape index (κ3) is 3.84. The number of fused-ring (bicyclic) bond motifs is 12. The molecule has 4 nitrogen and oxygen atoms in total. The van der Waals surface area contributed by atoms with Gasteiger partial charge in [0.25, 0.3) is 0 Å². The average Bonchev–Trinajstić information content (AvgIpc) is 3.76. The Hall–Kier alpha value is -7.17. The third-order valence-corrected chi connectivity index (χ3v) is 11.7. The van der Waals surface area contributed by atoms with Crippen molar-refractivity contribution in [1.82, 2.24) is 15.0 Å². The highest BCUT2D eigenvalue weighted by atomic mass is 16.3. The fourth-order valence-electron chi connectivity index (χ4n) is 9.52. The molecule has 0 radical (unpaired) electrons. The number of aromatic nitrogens is 3. The van der Waals surface area contributed by atoms with Gasteiger partial charge < -0.3 is 4.42 Å². The van der Waals surface area contributed by atoms with Gasteiger partial charge in [-0.2, -0.15) is 0 Å². The smallest absolute Gasteiger partial charge is 0.163 e. The Bertz CT molecular complexity index is 3150. The van der Waals surface area contributed by atoms with Crippen LogP contribution in [0.25, 0.3) is 88.9 Å². The number of rotatable bonds is 3. The molecule has 1 spiro atoms. The molecule has 0 unspecified atom stereocenters. The van der Waals surface area contributed by atoms with Gasteiger partial charge in [0.1, 0.15) is 17.5 Å². The highest BCUT2D eigenvalue weighted by Crippen LogP contribution is 2.62. The highest BCUT2D eigenvalue weighted by Gasteiger charge is 2.49. The molecule has 0 saturated heterocycles. The van der Waals surface area contributed by atoms with Gasteiger partial charge in [0, 0.05) is 21.9 Å². The highest BCUT2D eigenvalue weighted by molar-refractivity contribution is 6.11. The summed E-state index contributed by atoms with van der Waals surface area (Å²) in [5, 5.41) is 4.58. The minimum absolute atomic E-state index is 0.459. The maximum atomic E-state index is 6.27. The molecular formula is C50H29N3O. The molecule has 0 aliphatic heterocycles. The van der Waals surface area contributed by atoms with Gasteiger partial charge in [-0.05, 0) is 90.7 Å². The van der Waals surface area contributed by atoms with Crippen LogP contribution >= 0.6 is 0 Å². The molecule has 8 aromatic carbocycles. The molecule has 0 atom stereocenters. The summed E-state index contributed by atoms with van der Waals surface area (Å²) in [4.78, 5) is 14.8. The molecule has 0 saturated carbocycles. The molecular weight excluding hydrogens is 659 g/mol. The minimum atomic E-state index is -0.459. The van der Waals surface area contributed by atoms with Crippen molar-refractivity contribution in [3.63, 3.8) is 0 Å². The summed E-state index contributed by atoms with van der Waals surface area (Å²) in [6, 6.07) is 60.9. The molecule has 0 bridgehead atoms. The molecule has 2 aliphatic carbocycles. The van der Waals surface area contributed by atoms with E-state index in [9.17, 15) is 0 Å². The van der Waals surface area contributed by atoms with Crippen LogP contribution in [0, 0.1) is 0 Å². The van der Waals surface area contributed by atoms with E-state index in [0.717, 1.165) is 49.6 Å². The molecule has 250 valence electrons. The van der Waals surface area contributed by atoms with E-state index in [-0.39, 0.29) is 0 Å². The van der Waals surface area contributed by atoms with Crippen molar-refractivity contribution in [2.75, 3.05) is 0 Å². The van der Waals surface area contributed by atoms with E-state index < -0.39 is 5.41 Å². The first-order chi connectivity index (χ1) is 26.8. The standard InChI is InChI=1S/C50H29N3O/c1-2-17-39(31(12-1)30-24-25-36-35-16-6-10-23-45(35)54-46(36)28-30)48-51-29-52-49(53-48)40-27-26-38-34-15-5-9-21-43(34)50(44-22-11-18-37(40)47(38)44)41-19-7-3-13-32(41)33-14-4-8-20-42(33)50/h1-29H. The second-order valence-corrected chi connectivity index (χ2v) is 14.3. The lowest BCUT2D eigenvalue weighted by Gasteiger charge is -2.40. The number of hydrogen-bond acceptors (Lipinski definition) is 4. The van der Waals surface area contributed by atoms with E-state index >= 15 is 0 Å². The van der Waals surface area contributed by atoms with Crippen LogP contribution in [0.5, 0.6) is 0 Å². The zero-order chi connectivity index (χ0) is 35.4. The third-order valence-electron chi connectivity index (χ3n) is 11.7. The molecule has 2 heterocycles. The quantitative estimate of drug-likeness (QED) is 0.185. The van der Waals surface area contributed by atoms with Gasteiger partial charge in [0.15, 0.2) is 11.6 Å². The predicted octanol–water partition coefficient (Wildman–Crippen LogP) is 12.3. The largest absolute Gasteiger partial charge is 0.456 e. The van der Waals surface area contributed by atoms with Gasteiger partial charge in [-0.1, -0.05) is 146 Å². The maximum absolute atomic E-state index is 6.27. The van der Waals surface area contributed by atoms with E-state index in [0.29, 0.717) is 11.6 Å². The van der Waals surface area contributed by atoms with Crippen molar-refractivity contribution in [2.24, 2.45) is 0 Å². The first-order valence-corrected chi connectivity index (χ1v) is 18.3. The monoisotopic (exact) mass is 687 g/mol. The molecule has 0 N–H and O–H groups in total. The van der Waals surface area contributed by atoms with Crippen LogP contribution in [0.2, 0.25) is 0 Å². The summed E-state index contributed by atoms with van der Waals surface area (Å²) in [7, 11) is 0. The summed E-state index contributed by atoms with van der Waals surface area (Å²) in [5.41, 5.74) is 15.6. The first-order valence-electron chi connectivity index (χ1n) is 18.3. The molecule has 2 aliphatic rings. The van der Waals surface area contributed by atoms with E-state index in [1.165, 1.54) is 49.9 Å². The number of hydrogen-bond donors (Lipinski definition) is 0. The van der Waals surface area contributed by atoms with Gasteiger partial charge in [-0.15, -0.1) is 0 Å². The van der Waals surface area contributed by atoms with Gasteiger partial charge in [0.2, 0.25) is 0 Å². The van der Waals surface area contributed by atoms with Gasteiger partial charge >= 0.3 is 0 Å². The van der Waals surface area contributed by atoms with Crippen molar-refractivity contribution >= 4 is 32.7 Å². The van der Waals surface area contributed by atoms with Crippen LogP contribution < -0.4 is 0 Å². The molecule has 10 aromatic rings. The van der Waals surface area contributed by atoms with Crippen molar-refractivity contribution < 1.29 is 4.42 Å². The summed E-state index contributed by atoms with van der Waals surface area (Å²) >= 11 is 0. The number of benzene rings is 8. The fourth-order valence-corrected chi connectivity index (χ4v) is 9.52. The molecule has 2 aromatic heterocycles. The second kappa shape index (κ2) is 10.9. The summed E-state index contributed by atoms with van der Waals surface area (Å²) in [6.45, 7) is 0. The van der Waals surface area contributed by atoms with Crippen LogP contribution in [-0.2, 0) is 5.41 Å². The first kappa shape index (κ1) is 29.4. The van der Waals surface area contributed by atoms with Crippen LogP contribution in [0.15, 0.2) is 181 Å². The number of furan rings is 1. The number of nitrogens with zero attached hydrogens (tertiary/aromatic N) is 3. The van der Waals surface area contributed by atoms with Crippen molar-refractivity contribution in [2.45, 2.75) is 5.41 Å². The maximum Gasteiger partial charge on any atom is 0.163 e. The predicted molar refractivity (Wildman–Crippen MR) is 217 cm³/mol. The summed E-state index contributed by atoms with van der Waals surface area (Å²) in [6.07, 6.45) is 1.65. The topological polar surface area (TPSA) is 51.8 Å². The normalized spacial score (nSPS) is 13.3. The lowest BCUT2D eigenvalue weighted by atomic mass is 9.61. The van der Waals surface area contributed by atoms with Crippen LogP contribution in [0.3, 0.4) is 0 Å². The van der Waals surface area contributed by atoms with Gasteiger partial charge in [-0.3, -0.25) is 0 Å². The van der Waals surface area contributed by atoms with Crippen LogP contribution in [0.4, 0.5) is 0 Å². The van der Waals surface area contributed by atoms with Crippen molar-refractivity contribution in [3.05, 3.63) is 198 Å². The summed E-state index contributed by atoms with van der Waals surface area (Å²) < 4.78 is 6.27. The Morgan fingerprint density at radius 2 is 0.907 bits per heavy atom. The van der Waals surface area contributed by atoms with Gasteiger partial charge in [-0.25, -0.2) is 15.0 Å². The Morgan fingerprint density at radius 1 is 0.370 bits per heavy atom. The molecule has 0 fully saturated rings. The second-order valence-electron chi connectivity index (χ2n) is 14.3. The molecule has 54 heavy (non-hydrogen) atoms. The Balaban J connectivity index is 1.06. The SMILES string of the molecule is c1ccc(-c2ncnc(-c3ccc4c5c(cccc35)C3(c5ccccc5-c5ccccc53)c3ccccc3-4)n2)c(-c2ccc3c(c2)oc2ccccc23)c1. The number of para-hydroxylation sites is 1. The van der Waals surface area contributed by atoms with E-state index in [4.69, 9.17) is 19.4 Å². The Morgan fingerprint density at radius 3 is 1.65 bits per heavy atom. The van der Waals surface area contributed by atoms with Crippen LogP contribution in [0.1, 0.15) is 22.3 Å². The van der Waals surface area contributed by atoms with Crippen LogP contribution in [-0.4, -0.2) is 15.0 Å². The lowest BCUT2D eigenvalue weighted by Crippen LogP contribution is -2.31.